The molecule has 1 atom stereocenters. The topological polar surface area (TPSA) is 104 Å². The quantitative estimate of drug-likeness (QED) is 0.310. The van der Waals surface area contributed by atoms with Gasteiger partial charge in [0.25, 0.3) is 11.8 Å². The van der Waals surface area contributed by atoms with E-state index >= 15 is 0 Å². The van der Waals surface area contributed by atoms with Crippen molar-refractivity contribution < 1.29 is 33.9 Å². The average Bonchev–Trinajstić information content (AvgIpc) is 3.29. The van der Waals surface area contributed by atoms with E-state index in [0.29, 0.717) is 48.9 Å². The van der Waals surface area contributed by atoms with Crippen LogP contribution in [0.15, 0.2) is 48.0 Å². The van der Waals surface area contributed by atoms with E-state index in [2.05, 4.69) is 0 Å². The SMILES string of the molecule is CCCCN1C(=O)C2(C(=C([O-])c3ccc4c(c3)OCCO4)C(=O)C(=O)N2CCC[NH+](C)C)c2ccccc21. The molecule has 2 aromatic carbocycles. The fourth-order valence-corrected chi connectivity index (χ4v) is 5.61. The molecule has 9 nitrogen and oxygen atoms in total. The summed E-state index contributed by atoms with van der Waals surface area (Å²) in [6.07, 6.45) is 2.17. The number of carbonyl (C=O) groups excluding carboxylic acids is 3. The molecule has 1 saturated heterocycles. The van der Waals surface area contributed by atoms with Gasteiger partial charge in [-0.3, -0.25) is 14.4 Å². The van der Waals surface area contributed by atoms with Crippen LogP contribution in [0.1, 0.15) is 37.3 Å². The number of ketones is 1. The molecule has 5 rings (SSSR count). The first-order valence-electron chi connectivity index (χ1n) is 13.2. The molecule has 1 unspecified atom stereocenters. The van der Waals surface area contributed by atoms with Gasteiger partial charge >= 0.3 is 0 Å². The van der Waals surface area contributed by atoms with Crippen molar-refractivity contribution in [1.29, 1.82) is 0 Å². The number of amides is 2. The van der Waals surface area contributed by atoms with Gasteiger partial charge in [-0.05, 0) is 30.2 Å². The van der Waals surface area contributed by atoms with E-state index in [1.807, 2.05) is 33.2 Å². The first kappa shape index (κ1) is 25.8. The third kappa shape index (κ3) is 3.93. The van der Waals surface area contributed by atoms with Gasteiger partial charge in [0.15, 0.2) is 17.0 Å². The Balaban J connectivity index is 1.72. The van der Waals surface area contributed by atoms with Crippen LogP contribution in [0.25, 0.3) is 5.76 Å². The molecule has 2 amide bonds. The van der Waals surface area contributed by atoms with Crippen molar-refractivity contribution in [3.63, 3.8) is 0 Å². The highest BCUT2D eigenvalue weighted by Crippen LogP contribution is 2.53. The summed E-state index contributed by atoms with van der Waals surface area (Å²) >= 11 is 0. The van der Waals surface area contributed by atoms with Crippen molar-refractivity contribution in [2.75, 3.05) is 51.8 Å². The number of hydrogen-bond donors (Lipinski definition) is 1. The van der Waals surface area contributed by atoms with Crippen molar-refractivity contribution in [3.8, 4) is 11.5 Å². The number of rotatable bonds is 8. The van der Waals surface area contributed by atoms with Crippen molar-refractivity contribution in [2.45, 2.75) is 31.7 Å². The number of unbranched alkanes of at least 4 members (excludes halogenated alkanes) is 1. The lowest BCUT2D eigenvalue weighted by Gasteiger charge is -2.36. The van der Waals surface area contributed by atoms with Crippen molar-refractivity contribution in [1.82, 2.24) is 4.90 Å². The number of anilines is 1. The molecular weight excluding hydrogens is 486 g/mol. The van der Waals surface area contributed by atoms with Crippen LogP contribution in [-0.4, -0.2) is 69.4 Å². The molecule has 2 aromatic rings. The zero-order valence-corrected chi connectivity index (χ0v) is 22.0. The second-order valence-corrected chi connectivity index (χ2v) is 10.2. The third-order valence-electron chi connectivity index (χ3n) is 7.40. The maximum absolute atomic E-state index is 14.4. The zero-order chi connectivity index (χ0) is 27.0. The van der Waals surface area contributed by atoms with E-state index in [1.54, 1.807) is 29.2 Å². The molecule has 1 N–H and O–H groups in total. The number of para-hydroxylation sites is 1. The van der Waals surface area contributed by atoms with E-state index in [9.17, 15) is 19.5 Å². The van der Waals surface area contributed by atoms with Gasteiger partial charge in [-0.25, -0.2) is 0 Å². The molecule has 0 saturated carbocycles. The second-order valence-electron chi connectivity index (χ2n) is 10.2. The molecule has 0 aliphatic carbocycles. The van der Waals surface area contributed by atoms with Gasteiger partial charge in [0, 0.05) is 30.6 Å². The Morgan fingerprint density at radius 1 is 1.00 bits per heavy atom. The Bertz CT molecular complexity index is 1320. The number of likely N-dealkylation sites (tertiary alicyclic amines) is 1. The van der Waals surface area contributed by atoms with Crippen LogP contribution >= 0.6 is 0 Å². The van der Waals surface area contributed by atoms with E-state index in [1.165, 1.54) is 15.9 Å². The van der Waals surface area contributed by atoms with Gasteiger partial charge in [0.05, 0.1) is 26.3 Å². The molecule has 38 heavy (non-hydrogen) atoms. The highest BCUT2D eigenvalue weighted by molar-refractivity contribution is 6.50. The first-order valence-corrected chi connectivity index (χ1v) is 13.2. The van der Waals surface area contributed by atoms with Gasteiger partial charge in [-0.2, -0.15) is 0 Å². The third-order valence-corrected chi connectivity index (χ3v) is 7.40. The average molecular weight is 520 g/mol. The molecule has 0 aromatic heterocycles. The molecule has 0 radical (unpaired) electrons. The lowest BCUT2D eigenvalue weighted by Crippen LogP contribution is -3.05. The maximum atomic E-state index is 14.4. The number of Topliss-reactive ketones (excluding diaryl/α,β-unsaturated/α-hetero) is 1. The monoisotopic (exact) mass is 519 g/mol. The predicted molar refractivity (Wildman–Crippen MR) is 139 cm³/mol. The maximum Gasteiger partial charge on any atom is 0.296 e. The van der Waals surface area contributed by atoms with E-state index in [0.717, 1.165) is 19.4 Å². The Morgan fingerprint density at radius 2 is 1.74 bits per heavy atom. The standard InChI is InChI=1S/C29H33N3O6/c1-4-5-14-31-21-10-7-6-9-20(21)29(28(31)36)24(26(34)27(35)32(29)15-8-13-30(2)3)25(33)19-11-12-22-23(18-19)38-17-16-37-22/h6-7,9-12,18,33H,4-5,8,13-17H2,1-3H3. The highest BCUT2D eigenvalue weighted by Gasteiger charge is 2.65. The van der Waals surface area contributed by atoms with Crippen LogP contribution in [0, 0.1) is 0 Å². The van der Waals surface area contributed by atoms with Crippen LogP contribution < -0.4 is 24.4 Å². The smallest absolute Gasteiger partial charge is 0.296 e. The van der Waals surface area contributed by atoms with Gasteiger partial charge in [0.1, 0.15) is 13.2 Å². The number of nitrogens with zero attached hydrogens (tertiary/aromatic N) is 2. The molecule has 1 fully saturated rings. The van der Waals surface area contributed by atoms with Gasteiger partial charge < -0.3 is 29.3 Å². The number of fused-ring (bicyclic) bond motifs is 3. The Kier molecular flexibility index (Phi) is 6.88. The van der Waals surface area contributed by atoms with Gasteiger partial charge in [0.2, 0.25) is 5.78 Å². The van der Waals surface area contributed by atoms with E-state index in [-0.39, 0.29) is 17.7 Å². The van der Waals surface area contributed by atoms with Crippen LogP contribution in [0.4, 0.5) is 5.69 Å². The summed E-state index contributed by atoms with van der Waals surface area (Å²) in [5.41, 5.74) is -0.818. The second kappa shape index (κ2) is 10.1. The Hall–Kier alpha value is -3.85. The highest BCUT2D eigenvalue weighted by atomic mass is 16.6. The number of carbonyl (C=O) groups is 3. The largest absolute Gasteiger partial charge is 0.872 e. The molecule has 200 valence electrons. The minimum absolute atomic E-state index is 0.168. The van der Waals surface area contributed by atoms with E-state index in [4.69, 9.17) is 9.47 Å². The summed E-state index contributed by atoms with van der Waals surface area (Å²) in [5.74, 6) is -1.93. The number of quaternary nitrogens is 1. The summed E-state index contributed by atoms with van der Waals surface area (Å²) in [5, 5.41) is 14.1. The number of benzene rings is 2. The molecule has 0 bridgehead atoms. The minimum Gasteiger partial charge on any atom is -0.872 e. The van der Waals surface area contributed by atoms with Crippen molar-refractivity contribution in [3.05, 3.63) is 59.2 Å². The molecule has 3 aliphatic rings. The fraction of sp³-hybridized carbons (Fsp3) is 0.414. The summed E-state index contributed by atoms with van der Waals surface area (Å²) < 4.78 is 11.2. The fourth-order valence-electron chi connectivity index (χ4n) is 5.61. The Morgan fingerprint density at radius 3 is 2.47 bits per heavy atom. The first-order chi connectivity index (χ1) is 18.3. The number of hydrogen-bond acceptors (Lipinski definition) is 6. The lowest BCUT2D eigenvalue weighted by molar-refractivity contribution is -0.858. The molecule has 9 heteroatoms. The summed E-state index contributed by atoms with van der Waals surface area (Å²) in [6.45, 7) is 4.10. The molecular formula is C29H33N3O6. The van der Waals surface area contributed by atoms with Gasteiger partial charge in [-0.15, -0.1) is 0 Å². The molecule has 3 heterocycles. The molecule has 1 spiro atoms. The van der Waals surface area contributed by atoms with Crippen LogP contribution in [0.2, 0.25) is 0 Å². The van der Waals surface area contributed by atoms with Crippen molar-refractivity contribution >= 4 is 29.0 Å². The number of nitrogens with one attached hydrogen (secondary N) is 1. The van der Waals surface area contributed by atoms with Crippen LogP contribution in [0.5, 0.6) is 11.5 Å². The van der Waals surface area contributed by atoms with Gasteiger partial charge in [-0.1, -0.05) is 43.4 Å². The Labute approximate surface area is 222 Å². The zero-order valence-electron chi connectivity index (χ0n) is 22.0. The van der Waals surface area contributed by atoms with Crippen molar-refractivity contribution in [2.24, 2.45) is 0 Å². The minimum atomic E-state index is -1.80. The molecule has 3 aliphatic heterocycles. The number of ether oxygens (including phenoxy) is 2. The van der Waals surface area contributed by atoms with E-state index < -0.39 is 28.9 Å². The lowest BCUT2D eigenvalue weighted by atomic mass is 9.81. The summed E-state index contributed by atoms with van der Waals surface area (Å²) in [4.78, 5) is 45.8. The summed E-state index contributed by atoms with van der Waals surface area (Å²) in [6, 6.07) is 11.9. The van der Waals surface area contributed by atoms with Crippen LogP contribution in [-0.2, 0) is 19.9 Å². The predicted octanol–water partition coefficient (Wildman–Crippen LogP) is 0.517. The van der Waals surface area contributed by atoms with Crippen LogP contribution in [0.3, 0.4) is 0 Å². The summed E-state index contributed by atoms with van der Waals surface area (Å²) in [7, 11) is 4.00. The normalized spacial score (nSPS) is 21.6.